The summed E-state index contributed by atoms with van der Waals surface area (Å²) in [7, 11) is 3.11. The van der Waals surface area contributed by atoms with Crippen LogP contribution in [-0.2, 0) is 9.53 Å². The summed E-state index contributed by atoms with van der Waals surface area (Å²) in [6.07, 6.45) is 3.25. The lowest BCUT2D eigenvalue weighted by Gasteiger charge is -2.31. The number of nitrogens with one attached hydrogen (secondary N) is 2. The van der Waals surface area contributed by atoms with Crippen LogP contribution >= 0.6 is 0 Å². The van der Waals surface area contributed by atoms with Crippen molar-refractivity contribution in [2.75, 3.05) is 42.8 Å². The van der Waals surface area contributed by atoms with Gasteiger partial charge in [0.15, 0.2) is 0 Å². The maximum atomic E-state index is 13.2. The normalized spacial score (nSPS) is 15.8. The van der Waals surface area contributed by atoms with Gasteiger partial charge in [-0.05, 0) is 61.2 Å². The molecule has 2 aliphatic heterocycles. The number of esters is 1. The minimum atomic E-state index is -0.468. The third kappa shape index (κ3) is 4.98. The summed E-state index contributed by atoms with van der Waals surface area (Å²) >= 11 is 0. The van der Waals surface area contributed by atoms with Gasteiger partial charge in [0.25, 0.3) is 5.91 Å². The number of likely N-dealkylation sites (tertiary alicyclic amines) is 1. The van der Waals surface area contributed by atoms with E-state index in [1.165, 1.54) is 13.5 Å². The second kappa shape index (κ2) is 10.8. The summed E-state index contributed by atoms with van der Waals surface area (Å²) in [5.41, 5.74) is 5.12. The highest BCUT2D eigenvalue weighted by molar-refractivity contribution is 6.37. The molecule has 0 aliphatic carbocycles. The fraction of sp³-hybridized carbons (Fsp3) is 0.233. The average molecular weight is 511 g/mol. The molecule has 3 amide bonds. The van der Waals surface area contributed by atoms with E-state index in [0.29, 0.717) is 28.1 Å². The van der Waals surface area contributed by atoms with Gasteiger partial charge in [0.05, 0.1) is 29.6 Å². The number of hydrogen-bond acceptors (Lipinski definition) is 5. The van der Waals surface area contributed by atoms with Crippen LogP contribution in [0.2, 0.25) is 0 Å². The van der Waals surface area contributed by atoms with E-state index < -0.39 is 5.97 Å². The number of anilines is 3. The number of piperidine rings is 1. The van der Waals surface area contributed by atoms with Gasteiger partial charge in [-0.25, -0.2) is 9.59 Å². The molecule has 8 heteroatoms. The zero-order chi connectivity index (χ0) is 26.6. The molecule has 0 saturated carbocycles. The van der Waals surface area contributed by atoms with Crippen LogP contribution in [0.3, 0.4) is 0 Å². The number of benzene rings is 3. The highest BCUT2D eigenvalue weighted by Crippen LogP contribution is 2.38. The number of urea groups is 1. The van der Waals surface area contributed by atoms with Gasteiger partial charge in [0.1, 0.15) is 0 Å². The highest BCUT2D eigenvalue weighted by Gasteiger charge is 2.29. The minimum absolute atomic E-state index is 0.00283. The van der Waals surface area contributed by atoms with Crippen molar-refractivity contribution in [1.29, 1.82) is 0 Å². The molecular weight excluding hydrogens is 480 g/mol. The SMILES string of the molecule is COC(=O)c1ccc2c(c1)NC(=O)C2=C(Nc1ccc(N(C)C(=O)N2CCCCC2)cc1)c1ccccc1. The number of rotatable bonds is 5. The van der Waals surface area contributed by atoms with Gasteiger partial charge in [-0.1, -0.05) is 36.4 Å². The Morgan fingerprint density at radius 1 is 0.921 bits per heavy atom. The van der Waals surface area contributed by atoms with Crippen LogP contribution < -0.4 is 15.5 Å². The predicted octanol–water partition coefficient (Wildman–Crippen LogP) is 5.45. The third-order valence-corrected chi connectivity index (χ3v) is 6.94. The zero-order valence-corrected chi connectivity index (χ0v) is 21.5. The van der Waals surface area contributed by atoms with E-state index in [2.05, 4.69) is 10.6 Å². The first-order valence-electron chi connectivity index (χ1n) is 12.7. The standard InChI is InChI=1S/C30H30N4O4/c1-33(30(37)34-17-7-4-8-18-34)23-14-12-22(13-15-23)31-27(20-9-5-3-6-10-20)26-24-16-11-21(29(36)38-2)19-25(24)32-28(26)35/h3,5-6,9-16,19,31H,4,7-8,17-18H2,1-2H3,(H,32,35). The molecule has 2 N–H and O–H groups in total. The Bertz CT molecular complexity index is 1390. The van der Waals surface area contributed by atoms with E-state index in [0.717, 1.165) is 42.9 Å². The summed E-state index contributed by atoms with van der Waals surface area (Å²) in [5.74, 6) is -0.735. The quantitative estimate of drug-likeness (QED) is 0.352. The van der Waals surface area contributed by atoms with E-state index in [1.54, 1.807) is 30.1 Å². The molecule has 2 heterocycles. The maximum absolute atomic E-state index is 13.2. The molecule has 0 radical (unpaired) electrons. The van der Waals surface area contributed by atoms with Crippen molar-refractivity contribution in [3.05, 3.63) is 89.5 Å². The van der Waals surface area contributed by atoms with Gasteiger partial charge in [0, 0.05) is 37.1 Å². The number of ether oxygens (including phenoxy) is 1. The van der Waals surface area contributed by atoms with Crippen LogP contribution in [0.4, 0.5) is 21.9 Å². The van der Waals surface area contributed by atoms with Crippen molar-refractivity contribution < 1.29 is 19.1 Å². The number of methoxy groups -OCH3 is 1. The van der Waals surface area contributed by atoms with E-state index in [-0.39, 0.29) is 11.9 Å². The van der Waals surface area contributed by atoms with Crippen molar-refractivity contribution in [3.63, 3.8) is 0 Å². The molecule has 0 aromatic heterocycles. The van der Waals surface area contributed by atoms with Crippen LogP contribution in [0.25, 0.3) is 11.3 Å². The average Bonchev–Trinajstić information content (AvgIpc) is 3.30. The number of hydrogen-bond donors (Lipinski definition) is 2. The van der Waals surface area contributed by atoms with Crippen LogP contribution in [-0.4, -0.2) is 50.1 Å². The van der Waals surface area contributed by atoms with Crippen LogP contribution in [0, 0.1) is 0 Å². The van der Waals surface area contributed by atoms with Gasteiger partial charge < -0.3 is 20.3 Å². The van der Waals surface area contributed by atoms with Crippen LogP contribution in [0.5, 0.6) is 0 Å². The first-order chi connectivity index (χ1) is 18.5. The molecule has 0 bridgehead atoms. The number of carbonyl (C=O) groups is 3. The number of fused-ring (bicyclic) bond motifs is 1. The second-order valence-corrected chi connectivity index (χ2v) is 9.38. The van der Waals surface area contributed by atoms with Gasteiger partial charge in [-0.2, -0.15) is 0 Å². The zero-order valence-electron chi connectivity index (χ0n) is 21.5. The van der Waals surface area contributed by atoms with Crippen molar-refractivity contribution in [1.82, 2.24) is 4.90 Å². The lowest BCUT2D eigenvalue weighted by Crippen LogP contribution is -2.43. The van der Waals surface area contributed by atoms with Crippen molar-refractivity contribution in [3.8, 4) is 0 Å². The highest BCUT2D eigenvalue weighted by atomic mass is 16.5. The summed E-state index contributed by atoms with van der Waals surface area (Å²) in [4.78, 5) is 41.7. The molecule has 0 unspecified atom stereocenters. The molecule has 8 nitrogen and oxygen atoms in total. The number of nitrogens with zero attached hydrogens (tertiary/aromatic N) is 2. The van der Waals surface area contributed by atoms with Crippen molar-refractivity contribution in [2.24, 2.45) is 0 Å². The smallest absolute Gasteiger partial charge is 0.337 e. The summed E-state index contributed by atoms with van der Waals surface area (Å²) in [6.45, 7) is 1.59. The summed E-state index contributed by atoms with van der Waals surface area (Å²) in [5, 5.41) is 6.31. The lowest BCUT2D eigenvalue weighted by molar-refractivity contribution is -0.110. The topological polar surface area (TPSA) is 91.0 Å². The molecule has 3 aromatic rings. The van der Waals surface area contributed by atoms with E-state index in [1.807, 2.05) is 59.5 Å². The Morgan fingerprint density at radius 2 is 1.63 bits per heavy atom. The van der Waals surface area contributed by atoms with Crippen molar-refractivity contribution >= 4 is 46.2 Å². The largest absolute Gasteiger partial charge is 0.465 e. The first-order valence-corrected chi connectivity index (χ1v) is 12.7. The van der Waals surface area contributed by atoms with E-state index in [9.17, 15) is 14.4 Å². The molecule has 2 aliphatic rings. The molecule has 38 heavy (non-hydrogen) atoms. The van der Waals surface area contributed by atoms with E-state index >= 15 is 0 Å². The van der Waals surface area contributed by atoms with Gasteiger partial charge in [-0.3, -0.25) is 9.69 Å². The summed E-state index contributed by atoms with van der Waals surface area (Å²) in [6, 6.07) is 22.2. The molecule has 3 aromatic carbocycles. The Morgan fingerprint density at radius 3 is 2.32 bits per heavy atom. The molecule has 194 valence electrons. The second-order valence-electron chi connectivity index (χ2n) is 9.38. The monoisotopic (exact) mass is 510 g/mol. The van der Waals surface area contributed by atoms with E-state index in [4.69, 9.17) is 4.74 Å². The lowest BCUT2D eigenvalue weighted by atomic mass is 9.99. The van der Waals surface area contributed by atoms with Gasteiger partial charge in [-0.15, -0.1) is 0 Å². The summed E-state index contributed by atoms with van der Waals surface area (Å²) < 4.78 is 4.82. The van der Waals surface area contributed by atoms with Gasteiger partial charge >= 0.3 is 12.0 Å². The Hall–Kier alpha value is -4.59. The number of carbonyl (C=O) groups excluding carboxylic acids is 3. The Labute approximate surface area is 221 Å². The fourth-order valence-electron chi connectivity index (χ4n) is 4.87. The molecule has 0 atom stereocenters. The Balaban J connectivity index is 1.46. The fourth-order valence-corrected chi connectivity index (χ4v) is 4.87. The molecule has 1 fully saturated rings. The number of amides is 3. The molecule has 1 saturated heterocycles. The minimum Gasteiger partial charge on any atom is -0.465 e. The Kier molecular flexibility index (Phi) is 7.13. The maximum Gasteiger partial charge on any atom is 0.337 e. The van der Waals surface area contributed by atoms with Crippen molar-refractivity contribution in [2.45, 2.75) is 19.3 Å². The molecule has 0 spiro atoms. The predicted molar refractivity (Wildman–Crippen MR) is 149 cm³/mol. The molecular formula is C30H30N4O4. The first kappa shape index (κ1) is 25.1. The van der Waals surface area contributed by atoms with Crippen LogP contribution in [0.1, 0.15) is 40.7 Å². The molecule has 5 rings (SSSR count). The van der Waals surface area contributed by atoms with Crippen LogP contribution in [0.15, 0.2) is 72.8 Å². The third-order valence-electron chi connectivity index (χ3n) is 6.94. The van der Waals surface area contributed by atoms with Gasteiger partial charge in [0.2, 0.25) is 0 Å².